The van der Waals surface area contributed by atoms with Gasteiger partial charge in [-0.1, -0.05) is 23.7 Å². The first-order valence-electron chi connectivity index (χ1n) is 8.68. The Kier molecular flexibility index (Phi) is 5.87. The van der Waals surface area contributed by atoms with Gasteiger partial charge in [0.15, 0.2) is 5.78 Å². The quantitative estimate of drug-likeness (QED) is 0.742. The summed E-state index contributed by atoms with van der Waals surface area (Å²) in [5.74, 6) is 0.0644. The molecule has 0 spiro atoms. The highest BCUT2D eigenvalue weighted by molar-refractivity contribution is 6.31. The molecule has 2 heterocycles. The Morgan fingerprint density at radius 1 is 1.28 bits per heavy atom. The number of halogens is 1. The highest BCUT2D eigenvalue weighted by Crippen LogP contribution is 2.23. The second-order valence-electron chi connectivity index (χ2n) is 6.43. The third-order valence-corrected chi connectivity index (χ3v) is 4.83. The van der Waals surface area contributed by atoms with Crippen LogP contribution in [-0.2, 0) is 11.3 Å². The molecule has 0 N–H and O–H groups in total. The van der Waals surface area contributed by atoms with Crippen molar-refractivity contribution in [2.24, 2.45) is 5.92 Å². The maximum absolute atomic E-state index is 12.7. The number of nitrogens with zero attached hydrogens (tertiary/aromatic N) is 3. The molecule has 1 aromatic heterocycles. The summed E-state index contributed by atoms with van der Waals surface area (Å²) in [5.41, 5.74) is 0.630. The number of carbonyl (C=O) groups is 2. The van der Waals surface area contributed by atoms with E-state index in [2.05, 4.69) is 5.10 Å². The molecule has 1 aromatic carbocycles. The second-order valence-corrected chi connectivity index (χ2v) is 6.86. The van der Waals surface area contributed by atoms with E-state index in [1.807, 2.05) is 21.8 Å². The van der Waals surface area contributed by atoms with Gasteiger partial charge in [-0.3, -0.25) is 14.3 Å². The predicted octanol–water partition coefficient (Wildman–Crippen LogP) is 3.44. The zero-order valence-corrected chi connectivity index (χ0v) is 14.9. The Hall–Kier alpha value is -2.14. The largest absolute Gasteiger partial charge is 0.342 e. The molecule has 0 bridgehead atoms. The van der Waals surface area contributed by atoms with E-state index in [1.165, 1.54) is 0 Å². The summed E-state index contributed by atoms with van der Waals surface area (Å²) in [5, 5.41) is 4.70. The maximum atomic E-state index is 12.7. The molecule has 1 aliphatic heterocycles. The van der Waals surface area contributed by atoms with Gasteiger partial charge in [-0.15, -0.1) is 0 Å². The van der Waals surface area contributed by atoms with Crippen molar-refractivity contribution >= 4 is 23.3 Å². The Bertz CT molecular complexity index is 730. The molecule has 1 amide bonds. The molecule has 1 saturated heterocycles. The van der Waals surface area contributed by atoms with Gasteiger partial charge < -0.3 is 4.90 Å². The van der Waals surface area contributed by atoms with E-state index in [0.717, 1.165) is 32.4 Å². The van der Waals surface area contributed by atoms with Crippen molar-refractivity contribution in [2.75, 3.05) is 13.1 Å². The summed E-state index contributed by atoms with van der Waals surface area (Å²) < 4.78 is 1.83. The van der Waals surface area contributed by atoms with Crippen molar-refractivity contribution in [1.29, 1.82) is 0 Å². The standard InChI is InChI=1S/C19H22ClN3O2/c20-17-7-1-5-15(13-17)19(25)16-6-2-10-22(14-16)18(24)8-3-11-23-12-4-9-21-23/h1,4-5,7,9,12-13,16H,2-3,6,8,10-11,14H2/t16-/m1/s1. The summed E-state index contributed by atoms with van der Waals surface area (Å²) in [6.45, 7) is 1.98. The van der Waals surface area contributed by atoms with Gasteiger partial charge in [-0.05, 0) is 37.5 Å². The number of ketones is 1. The molecule has 0 radical (unpaired) electrons. The van der Waals surface area contributed by atoms with E-state index < -0.39 is 0 Å². The number of hydrogen-bond donors (Lipinski definition) is 0. The number of aromatic nitrogens is 2. The summed E-state index contributed by atoms with van der Waals surface area (Å²) >= 11 is 5.98. The summed E-state index contributed by atoms with van der Waals surface area (Å²) in [4.78, 5) is 27.0. The molecule has 0 unspecified atom stereocenters. The van der Waals surface area contributed by atoms with E-state index in [9.17, 15) is 9.59 Å². The summed E-state index contributed by atoms with van der Waals surface area (Å²) in [6.07, 6.45) is 6.55. The Morgan fingerprint density at radius 2 is 2.16 bits per heavy atom. The molecule has 1 atom stereocenters. The Morgan fingerprint density at radius 3 is 2.92 bits per heavy atom. The summed E-state index contributed by atoms with van der Waals surface area (Å²) in [6, 6.07) is 8.91. The van der Waals surface area contributed by atoms with Gasteiger partial charge in [-0.2, -0.15) is 5.10 Å². The van der Waals surface area contributed by atoms with Crippen LogP contribution in [0.2, 0.25) is 5.02 Å². The number of hydrogen-bond acceptors (Lipinski definition) is 3. The van der Waals surface area contributed by atoms with Crippen LogP contribution in [-0.4, -0.2) is 39.5 Å². The molecule has 2 aromatic rings. The van der Waals surface area contributed by atoms with Crippen molar-refractivity contribution in [1.82, 2.24) is 14.7 Å². The molecule has 6 heteroatoms. The van der Waals surface area contributed by atoms with Crippen molar-refractivity contribution in [3.8, 4) is 0 Å². The first kappa shape index (κ1) is 17.7. The van der Waals surface area contributed by atoms with Crippen molar-refractivity contribution in [3.05, 3.63) is 53.3 Å². The van der Waals surface area contributed by atoms with E-state index in [-0.39, 0.29) is 17.6 Å². The van der Waals surface area contributed by atoms with Crippen LogP contribution in [0.3, 0.4) is 0 Å². The minimum Gasteiger partial charge on any atom is -0.342 e. The van der Waals surface area contributed by atoms with Gasteiger partial charge >= 0.3 is 0 Å². The van der Waals surface area contributed by atoms with Gasteiger partial charge in [0.05, 0.1) is 0 Å². The van der Waals surface area contributed by atoms with Gasteiger partial charge in [0, 0.05) is 55.0 Å². The third-order valence-electron chi connectivity index (χ3n) is 4.59. The highest BCUT2D eigenvalue weighted by atomic mass is 35.5. The predicted molar refractivity (Wildman–Crippen MR) is 96.5 cm³/mol. The third kappa shape index (κ3) is 4.69. The zero-order valence-electron chi connectivity index (χ0n) is 14.1. The van der Waals surface area contributed by atoms with Crippen molar-refractivity contribution in [2.45, 2.75) is 32.2 Å². The fourth-order valence-electron chi connectivity index (χ4n) is 3.28. The van der Waals surface area contributed by atoms with Crippen molar-refractivity contribution < 1.29 is 9.59 Å². The minimum atomic E-state index is -0.137. The Balaban J connectivity index is 1.53. The lowest BCUT2D eigenvalue weighted by Gasteiger charge is -2.32. The van der Waals surface area contributed by atoms with Gasteiger partial charge in [0.2, 0.25) is 5.91 Å². The average Bonchev–Trinajstić information content (AvgIpc) is 3.14. The van der Waals surface area contributed by atoms with Crippen LogP contribution in [0.1, 0.15) is 36.0 Å². The van der Waals surface area contributed by atoms with Crippen LogP contribution >= 0.6 is 11.6 Å². The molecule has 25 heavy (non-hydrogen) atoms. The van der Waals surface area contributed by atoms with Crippen LogP contribution in [0.5, 0.6) is 0 Å². The van der Waals surface area contributed by atoms with E-state index in [4.69, 9.17) is 11.6 Å². The zero-order chi connectivity index (χ0) is 17.6. The van der Waals surface area contributed by atoms with Crippen LogP contribution in [0.25, 0.3) is 0 Å². The number of Topliss-reactive ketones (excluding diaryl/α,β-unsaturated/α-hetero) is 1. The molecule has 3 rings (SSSR count). The number of rotatable bonds is 6. The number of benzene rings is 1. The molecular weight excluding hydrogens is 338 g/mol. The Labute approximate surface area is 152 Å². The average molecular weight is 360 g/mol. The lowest BCUT2D eigenvalue weighted by atomic mass is 9.90. The normalized spacial score (nSPS) is 17.5. The first-order chi connectivity index (χ1) is 12.1. The fourth-order valence-corrected chi connectivity index (χ4v) is 3.47. The molecule has 1 fully saturated rings. The van der Waals surface area contributed by atoms with Gasteiger partial charge in [0.25, 0.3) is 0 Å². The molecule has 1 aliphatic rings. The first-order valence-corrected chi connectivity index (χ1v) is 9.06. The molecule has 132 valence electrons. The van der Waals surface area contributed by atoms with Crippen molar-refractivity contribution in [3.63, 3.8) is 0 Å². The fraction of sp³-hybridized carbons (Fsp3) is 0.421. The van der Waals surface area contributed by atoms with Gasteiger partial charge in [0.1, 0.15) is 0 Å². The van der Waals surface area contributed by atoms with Crippen LogP contribution in [0, 0.1) is 5.92 Å². The number of likely N-dealkylation sites (tertiary alicyclic amines) is 1. The highest BCUT2D eigenvalue weighted by Gasteiger charge is 2.28. The van der Waals surface area contributed by atoms with E-state index >= 15 is 0 Å². The molecule has 0 saturated carbocycles. The molecular formula is C19H22ClN3O2. The van der Waals surface area contributed by atoms with Crippen LogP contribution < -0.4 is 0 Å². The lowest BCUT2D eigenvalue weighted by molar-refractivity contribution is -0.132. The lowest BCUT2D eigenvalue weighted by Crippen LogP contribution is -2.42. The maximum Gasteiger partial charge on any atom is 0.222 e. The molecule has 0 aliphatic carbocycles. The minimum absolute atomic E-state index is 0.0801. The second kappa shape index (κ2) is 8.30. The number of aryl methyl sites for hydroxylation is 1. The molecule has 5 nitrogen and oxygen atoms in total. The van der Waals surface area contributed by atoms with Crippen LogP contribution in [0.4, 0.5) is 0 Å². The van der Waals surface area contributed by atoms with Gasteiger partial charge in [-0.25, -0.2) is 0 Å². The number of amides is 1. The monoisotopic (exact) mass is 359 g/mol. The number of piperidine rings is 1. The SMILES string of the molecule is O=C(c1cccc(Cl)c1)[C@@H]1CCCN(C(=O)CCCn2cccn2)C1. The smallest absolute Gasteiger partial charge is 0.222 e. The van der Waals surface area contributed by atoms with Crippen LogP contribution in [0.15, 0.2) is 42.7 Å². The van der Waals surface area contributed by atoms with E-state index in [0.29, 0.717) is 23.6 Å². The number of carbonyl (C=O) groups excluding carboxylic acids is 2. The van der Waals surface area contributed by atoms with E-state index in [1.54, 1.807) is 30.5 Å². The topological polar surface area (TPSA) is 55.2 Å². The summed E-state index contributed by atoms with van der Waals surface area (Å²) in [7, 11) is 0.